The van der Waals surface area contributed by atoms with E-state index in [1.165, 1.54) is 16.8 Å². The number of aliphatic carboxylic acids is 1. The lowest BCUT2D eigenvalue weighted by molar-refractivity contribution is -0.147. The molecule has 2 amide bonds. The lowest BCUT2D eigenvalue weighted by Crippen LogP contribution is -2.52. The van der Waals surface area contributed by atoms with Gasteiger partial charge in [0.05, 0.1) is 6.61 Å². The minimum absolute atomic E-state index is 0.264. The van der Waals surface area contributed by atoms with Crippen LogP contribution < -0.4 is 0 Å². The molecule has 20 heavy (non-hydrogen) atoms. The number of rotatable bonds is 5. The Morgan fingerprint density at radius 2 is 2.05 bits per heavy atom. The van der Waals surface area contributed by atoms with Crippen molar-refractivity contribution >= 4 is 18.0 Å². The van der Waals surface area contributed by atoms with E-state index in [-0.39, 0.29) is 6.61 Å². The van der Waals surface area contributed by atoms with Crippen molar-refractivity contribution in [3.8, 4) is 0 Å². The van der Waals surface area contributed by atoms with Gasteiger partial charge in [-0.25, -0.2) is 14.4 Å². The van der Waals surface area contributed by atoms with Crippen molar-refractivity contribution in [2.75, 3.05) is 20.2 Å². The van der Waals surface area contributed by atoms with Gasteiger partial charge < -0.3 is 19.6 Å². The lowest BCUT2D eigenvalue weighted by Gasteiger charge is -2.31. The molecule has 0 radical (unpaired) electrons. The molecule has 0 spiro atoms. The Kier molecular flexibility index (Phi) is 5.79. The number of ether oxygens (including phenoxy) is 1. The summed E-state index contributed by atoms with van der Waals surface area (Å²) in [4.78, 5) is 37.8. The van der Waals surface area contributed by atoms with Crippen LogP contribution in [0.25, 0.3) is 0 Å². The number of nitrogens with zero attached hydrogens (tertiary/aromatic N) is 2. The number of likely N-dealkylation sites (tertiary alicyclic amines) is 1. The quantitative estimate of drug-likeness (QED) is 0.760. The van der Waals surface area contributed by atoms with Crippen molar-refractivity contribution in [3.05, 3.63) is 0 Å². The number of esters is 1. The van der Waals surface area contributed by atoms with Crippen LogP contribution in [-0.4, -0.2) is 65.2 Å². The first-order valence-corrected chi connectivity index (χ1v) is 6.86. The Balaban J connectivity index is 2.79. The molecule has 1 heterocycles. The minimum Gasteiger partial charge on any atom is -0.480 e. The molecule has 1 fully saturated rings. The highest BCUT2D eigenvalue weighted by molar-refractivity contribution is 5.87. The number of amides is 2. The van der Waals surface area contributed by atoms with Gasteiger partial charge in [0.15, 0.2) is 0 Å². The maximum absolute atomic E-state index is 12.3. The Morgan fingerprint density at radius 3 is 2.55 bits per heavy atom. The van der Waals surface area contributed by atoms with Gasteiger partial charge in [0, 0.05) is 13.6 Å². The fraction of sp³-hybridized carbons (Fsp3) is 0.769. The number of carbonyl (C=O) groups is 3. The summed E-state index contributed by atoms with van der Waals surface area (Å²) in [6, 6.07) is -1.92. The summed E-state index contributed by atoms with van der Waals surface area (Å²) in [5.74, 6) is -1.47. The standard InChI is InChI=1S/C13H22N2O5/c1-4-9(11(16)17)14(3)13(19)15-8-6-7-10(15)12(18)20-5-2/h9-10H,4-8H2,1-3H3,(H,16,17). The Labute approximate surface area is 118 Å². The molecule has 1 rings (SSSR count). The van der Waals surface area contributed by atoms with E-state index in [1.807, 2.05) is 0 Å². The van der Waals surface area contributed by atoms with Crippen molar-refractivity contribution in [1.82, 2.24) is 9.80 Å². The molecule has 7 heteroatoms. The van der Waals surface area contributed by atoms with E-state index in [1.54, 1.807) is 13.8 Å². The van der Waals surface area contributed by atoms with Crippen molar-refractivity contribution in [2.24, 2.45) is 0 Å². The molecule has 1 saturated heterocycles. The van der Waals surface area contributed by atoms with Gasteiger partial charge in [-0.3, -0.25) is 0 Å². The highest BCUT2D eigenvalue weighted by atomic mass is 16.5. The van der Waals surface area contributed by atoms with Crippen LogP contribution in [0, 0.1) is 0 Å². The summed E-state index contributed by atoms with van der Waals surface area (Å²) in [7, 11) is 1.45. The van der Waals surface area contributed by atoms with Crippen LogP contribution in [0.5, 0.6) is 0 Å². The van der Waals surface area contributed by atoms with Crippen molar-refractivity contribution in [2.45, 2.75) is 45.2 Å². The van der Waals surface area contributed by atoms with Gasteiger partial charge >= 0.3 is 18.0 Å². The van der Waals surface area contributed by atoms with Crippen LogP contribution in [-0.2, 0) is 14.3 Å². The summed E-state index contributed by atoms with van der Waals surface area (Å²) < 4.78 is 4.95. The number of carboxylic acids is 1. The van der Waals surface area contributed by atoms with Gasteiger partial charge in [-0.05, 0) is 26.2 Å². The van der Waals surface area contributed by atoms with Gasteiger partial charge in [0.1, 0.15) is 12.1 Å². The molecule has 0 aliphatic carbocycles. The average molecular weight is 286 g/mol. The maximum Gasteiger partial charge on any atom is 0.328 e. The molecule has 2 atom stereocenters. The smallest absolute Gasteiger partial charge is 0.328 e. The van der Waals surface area contributed by atoms with Crippen molar-refractivity contribution in [1.29, 1.82) is 0 Å². The zero-order valence-electron chi connectivity index (χ0n) is 12.2. The average Bonchev–Trinajstić information content (AvgIpc) is 2.87. The number of carbonyl (C=O) groups excluding carboxylic acids is 2. The van der Waals surface area contributed by atoms with Crippen LogP contribution >= 0.6 is 0 Å². The molecule has 7 nitrogen and oxygen atoms in total. The summed E-state index contributed by atoms with van der Waals surface area (Å²) in [5.41, 5.74) is 0. The van der Waals surface area contributed by atoms with E-state index < -0.39 is 30.1 Å². The van der Waals surface area contributed by atoms with Gasteiger partial charge in [-0.2, -0.15) is 0 Å². The summed E-state index contributed by atoms with van der Waals surface area (Å²) in [6.45, 7) is 4.13. The zero-order chi connectivity index (χ0) is 15.3. The summed E-state index contributed by atoms with van der Waals surface area (Å²) >= 11 is 0. The molecule has 0 aromatic carbocycles. The fourth-order valence-corrected chi connectivity index (χ4v) is 2.43. The minimum atomic E-state index is -1.05. The molecular formula is C13H22N2O5. The third-order valence-electron chi connectivity index (χ3n) is 3.50. The van der Waals surface area contributed by atoms with E-state index in [0.29, 0.717) is 25.8 Å². The second-order valence-electron chi connectivity index (χ2n) is 4.76. The van der Waals surface area contributed by atoms with Crippen LogP contribution in [0.2, 0.25) is 0 Å². The van der Waals surface area contributed by atoms with Crippen LogP contribution in [0.1, 0.15) is 33.1 Å². The Morgan fingerprint density at radius 1 is 1.40 bits per heavy atom. The zero-order valence-corrected chi connectivity index (χ0v) is 12.2. The van der Waals surface area contributed by atoms with E-state index in [9.17, 15) is 14.4 Å². The van der Waals surface area contributed by atoms with Crippen molar-refractivity contribution < 1.29 is 24.2 Å². The van der Waals surface area contributed by atoms with Crippen LogP contribution in [0.15, 0.2) is 0 Å². The molecule has 0 aromatic rings. The number of likely N-dealkylation sites (N-methyl/N-ethyl adjacent to an activating group) is 1. The largest absolute Gasteiger partial charge is 0.480 e. The monoisotopic (exact) mass is 286 g/mol. The molecule has 1 N–H and O–H groups in total. The topological polar surface area (TPSA) is 87.2 Å². The Hall–Kier alpha value is -1.79. The van der Waals surface area contributed by atoms with Gasteiger partial charge in [-0.15, -0.1) is 0 Å². The Bertz CT molecular complexity index is 385. The predicted molar refractivity (Wildman–Crippen MR) is 71.2 cm³/mol. The van der Waals surface area contributed by atoms with Crippen molar-refractivity contribution in [3.63, 3.8) is 0 Å². The second kappa shape index (κ2) is 7.12. The highest BCUT2D eigenvalue weighted by Gasteiger charge is 2.38. The number of carboxylic acid groups (broad SMARTS) is 1. The molecule has 2 unspecified atom stereocenters. The first-order valence-electron chi connectivity index (χ1n) is 6.86. The van der Waals surface area contributed by atoms with E-state index in [4.69, 9.17) is 9.84 Å². The molecule has 0 bridgehead atoms. The van der Waals surface area contributed by atoms with Crippen LogP contribution in [0.3, 0.4) is 0 Å². The summed E-state index contributed by atoms with van der Waals surface area (Å²) in [6.07, 6.45) is 1.59. The van der Waals surface area contributed by atoms with Gasteiger partial charge in [0.25, 0.3) is 0 Å². The van der Waals surface area contributed by atoms with E-state index in [0.717, 1.165) is 0 Å². The first kappa shape index (κ1) is 16.3. The third kappa shape index (κ3) is 3.40. The highest BCUT2D eigenvalue weighted by Crippen LogP contribution is 2.21. The third-order valence-corrected chi connectivity index (χ3v) is 3.50. The molecule has 1 aliphatic rings. The van der Waals surface area contributed by atoms with E-state index >= 15 is 0 Å². The molecule has 114 valence electrons. The number of hydrogen-bond acceptors (Lipinski definition) is 4. The number of hydrogen-bond donors (Lipinski definition) is 1. The van der Waals surface area contributed by atoms with Crippen LogP contribution in [0.4, 0.5) is 4.79 Å². The lowest BCUT2D eigenvalue weighted by atomic mass is 10.2. The number of urea groups is 1. The summed E-state index contributed by atoms with van der Waals surface area (Å²) in [5, 5.41) is 9.09. The normalized spacial score (nSPS) is 19.6. The SMILES string of the molecule is CCOC(=O)C1CCCN1C(=O)N(C)C(CC)C(=O)O. The molecule has 0 aromatic heterocycles. The van der Waals surface area contributed by atoms with Gasteiger partial charge in [0.2, 0.25) is 0 Å². The maximum atomic E-state index is 12.3. The van der Waals surface area contributed by atoms with Gasteiger partial charge in [-0.1, -0.05) is 6.92 Å². The molecule has 0 saturated carbocycles. The van der Waals surface area contributed by atoms with E-state index in [2.05, 4.69) is 0 Å². The molecule has 1 aliphatic heterocycles. The molecular weight excluding hydrogens is 264 g/mol. The first-order chi connectivity index (χ1) is 9.43. The predicted octanol–water partition coefficient (Wildman–Crippen LogP) is 0.929. The second-order valence-corrected chi connectivity index (χ2v) is 4.76. The fourth-order valence-electron chi connectivity index (χ4n) is 2.43.